The maximum atomic E-state index is 10.7. The van der Waals surface area contributed by atoms with E-state index in [0.717, 1.165) is 24.8 Å². The Bertz CT molecular complexity index is 429. The van der Waals surface area contributed by atoms with Gasteiger partial charge in [0.2, 0.25) is 0 Å². The van der Waals surface area contributed by atoms with E-state index >= 15 is 0 Å². The molecular weight excluding hydrogens is 206 g/mol. The minimum atomic E-state index is -1.03. The van der Waals surface area contributed by atoms with Gasteiger partial charge in [-0.25, -0.2) is 0 Å². The van der Waals surface area contributed by atoms with Crippen LogP contribution >= 0.6 is 0 Å². The Hall–Kier alpha value is -1.55. The first kappa shape index (κ1) is 11.0. The van der Waals surface area contributed by atoms with Crippen LogP contribution in [0.4, 0.5) is 0 Å². The number of carboxylic acids is 1. The highest BCUT2D eigenvalue weighted by atomic mass is 16.4. The Morgan fingerprint density at radius 2 is 2.19 bits per heavy atom. The van der Waals surface area contributed by atoms with Crippen molar-refractivity contribution in [2.75, 3.05) is 0 Å². The average molecular weight is 221 g/mol. The van der Waals surface area contributed by atoms with Crippen molar-refractivity contribution < 1.29 is 15.0 Å². The lowest BCUT2D eigenvalue weighted by atomic mass is 9.96. The van der Waals surface area contributed by atoms with Crippen molar-refractivity contribution in [3.05, 3.63) is 28.8 Å². The summed E-state index contributed by atoms with van der Waals surface area (Å²) in [6, 6.07) is 2.60. The summed E-state index contributed by atoms with van der Waals surface area (Å²) in [4.78, 5) is 10.7. The quantitative estimate of drug-likeness (QED) is 0.706. The summed E-state index contributed by atoms with van der Waals surface area (Å²) < 4.78 is 0. The van der Waals surface area contributed by atoms with Crippen LogP contribution in [0.2, 0.25) is 0 Å². The minimum Gasteiger partial charge on any atom is -0.508 e. The predicted octanol–water partition coefficient (Wildman–Crippen LogP) is 0.835. The molecule has 86 valence electrons. The second-order valence-electron chi connectivity index (χ2n) is 4.20. The molecular formula is C12H15NO3. The molecule has 1 atom stereocenters. The zero-order valence-corrected chi connectivity index (χ0v) is 8.94. The number of carbonyl (C=O) groups is 1. The van der Waals surface area contributed by atoms with Gasteiger partial charge in [0.15, 0.2) is 0 Å². The van der Waals surface area contributed by atoms with Crippen LogP contribution in [0.25, 0.3) is 0 Å². The third-order valence-electron chi connectivity index (χ3n) is 3.12. The summed E-state index contributed by atoms with van der Waals surface area (Å²) in [7, 11) is 0. The van der Waals surface area contributed by atoms with Crippen LogP contribution in [-0.4, -0.2) is 22.2 Å². The number of rotatable bonds is 3. The van der Waals surface area contributed by atoms with Crippen molar-refractivity contribution in [3.63, 3.8) is 0 Å². The van der Waals surface area contributed by atoms with Crippen LogP contribution in [0.15, 0.2) is 12.1 Å². The Morgan fingerprint density at radius 1 is 1.44 bits per heavy atom. The number of nitrogens with two attached hydrogens (primary N) is 1. The first-order valence-electron chi connectivity index (χ1n) is 5.40. The number of fused-ring (bicyclic) bond motifs is 1. The molecule has 1 unspecified atom stereocenters. The second-order valence-corrected chi connectivity index (χ2v) is 4.20. The molecule has 4 nitrogen and oxygen atoms in total. The van der Waals surface area contributed by atoms with Gasteiger partial charge in [-0.3, -0.25) is 4.79 Å². The smallest absolute Gasteiger partial charge is 0.320 e. The van der Waals surface area contributed by atoms with Gasteiger partial charge in [0, 0.05) is 6.42 Å². The molecule has 0 saturated carbocycles. The molecule has 0 aromatic heterocycles. The molecule has 0 spiro atoms. The number of carboxylic acid groups (broad SMARTS) is 1. The number of benzene rings is 1. The molecule has 0 aliphatic heterocycles. The van der Waals surface area contributed by atoms with Gasteiger partial charge in [0.05, 0.1) is 0 Å². The lowest BCUT2D eigenvalue weighted by Crippen LogP contribution is -2.32. The molecule has 1 aromatic carbocycles. The summed E-state index contributed by atoms with van der Waals surface area (Å²) in [5.74, 6) is -0.868. The van der Waals surface area contributed by atoms with Gasteiger partial charge in [-0.2, -0.15) is 0 Å². The van der Waals surface area contributed by atoms with Crippen LogP contribution in [0.1, 0.15) is 23.1 Å². The van der Waals surface area contributed by atoms with Gasteiger partial charge in [-0.15, -0.1) is 0 Å². The standard InChI is InChI=1S/C12H15NO3/c13-10(12(15)16)6-9-8-3-1-2-7(8)4-5-11(9)14/h4-5,10,14H,1-3,6,13H2,(H,15,16). The van der Waals surface area contributed by atoms with Gasteiger partial charge in [0.1, 0.15) is 11.8 Å². The lowest BCUT2D eigenvalue weighted by molar-refractivity contribution is -0.138. The highest BCUT2D eigenvalue weighted by Crippen LogP contribution is 2.31. The number of phenolic OH excluding ortho intramolecular Hbond substituents is 1. The van der Waals surface area contributed by atoms with Crippen LogP contribution < -0.4 is 5.73 Å². The number of phenols is 1. The fourth-order valence-electron chi connectivity index (χ4n) is 2.27. The normalized spacial score (nSPS) is 15.8. The van der Waals surface area contributed by atoms with Gasteiger partial charge in [-0.05, 0) is 42.0 Å². The molecule has 1 aliphatic rings. The molecule has 0 saturated heterocycles. The van der Waals surface area contributed by atoms with Crippen molar-refractivity contribution in [1.82, 2.24) is 0 Å². The Labute approximate surface area is 93.7 Å². The fraction of sp³-hybridized carbons (Fsp3) is 0.417. The van der Waals surface area contributed by atoms with E-state index in [1.807, 2.05) is 6.07 Å². The van der Waals surface area contributed by atoms with Gasteiger partial charge in [0.25, 0.3) is 0 Å². The van der Waals surface area contributed by atoms with Crippen LogP contribution in [0, 0.1) is 0 Å². The monoisotopic (exact) mass is 221 g/mol. The van der Waals surface area contributed by atoms with E-state index in [1.165, 1.54) is 5.56 Å². The van der Waals surface area contributed by atoms with Crippen molar-refractivity contribution >= 4 is 5.97 Å². The highest BCUT2D eigenvalue weighted by molar-refractivity contribution is 5.74. The number of hydrogen-bond donors (Lipinski definition) is 3. The Kier molecular flexibility index (Phi) is 2.83. The zero-order valence-electron chi connectivity index (χ0n) is 8.94. The summed E-state index contributed by atoms with van der Waals surface area (Å²) >= 11 is 0. The fourth-order valence-corrected chi connectivity index (χ4v) is 2.27. The molecule has 0 radical (unpaired) electrons. The highest BCUT2D eigenvalue weighted by Gasteiger charge is 2.21. The Morgan fingerprint density at radius 3 is 2.88 bits per heavy atom. The molecule has 0 heterocycles. The lowest BCUT2D eigenvalue weighted by Gasteiger charge is -2.13. The molecule has 0 bridgehead atoms. The molecule has 4 N–H and O–H groups in total. The summed E-state index contributed by atoms with van der Waals surface area (Å²) in [5.41, 5.74) is 8.52. The third kappa shape index (κ3) is 1.88. The van der Waals surface area contributed by atoms with Crippen molar-refractivity contribution in [3.8, 4) is 5.75 Å². The maximum absolute atomic E-state index is 10.7. The first-order valence-corrected chi connectivity index (χ1v) is 5.40. The van der Waals surface area contributed by atoms with E-state index in [9.17, 15) is 9.90 Å². The first-order chi connectivity index (χ1) is 7.59. The molecule has 0 fully saturated rings. The molecule has 2 rings (SSSR count). The summed E-state index contributed by atoms with van der Waals surface area (Å²) in [6.07, 6.45) is 3.18. The van der Waals surface area contributed by atoms with E-state index in [2.05, 4.69) is 0 Å². The van der Waals surface area contributed by atoms with Gasteiger partial charge in [-0.1, -0.05) is 6.07 Å². The Balaban J connectivity index is 2.33. The maximum Gasteiger partial charge on any atom is 0.320 e. The van der Waals surface area contributed by atoms with E-state index in [-0.39, 0.29) is 12.2 Å². The minimum absolute atomic E-state index is 0.164. The van der Waals surface area contributed by atoms with E-state index in [1.54, 1.807) is 6.07 Å². The number of aryl methyl sites for hydroxylation is 1. The number of aromatic hydroxyl groups is 1. The van der Waals surface area contributed by atoms with Crippen LogP contribution in [0.5, 0.6) is 5.75 Å². The molecule has 1 aliphatic carbocycles. The van der Waals surface area contributed by atoms with E-state index in [0.29, 0.717) is 5.56 Å². The molecule has 4 heteroatoms. The van der Waals surface area contributed by atoms with Crippen LogP contribution in [-0.2, 0) is 24.1 Å². The molecule has 1 aromatic rings. The zero-order chi connectivity index (χ0) is 11.7. The number of aliphatic carboxylic acids is 1. The van der Waals surface area contributed by atoms with E-state index < -0.39 is 12.0 Å². The predicted molar refractivity (Wildman–Crippen MR) is 59.4 cm³/mol. The van der Waals surface area contributed by atoms with Crippen molar-refractivity contribution in [2.45, 2.75) is 31.7 Å². The topological polar surface area (TPSA) is 83.5 Å². The SMILES string of the molecule is NC(Cc1c(O)ccc2c1CCC2)C(=O)O. The molecule has 16 heavy (non-hydrogen) atoms. The second kappa shape index (κ2) is 4.14. The van der Waals surface area contributed by atoms with Crippen LogP contribution in [0.3, 0.4) is 0 Å². The van der Waals surface area contributed by atoms with Gasteiger partial charge >= 0.3 is 5.97 Å². The largest absolute Gasteiger partial charge is 0.508 e. The van der Waals surface area contributed by atoms with E-state index in [4.69, 9.17) is 10.8 Å². The summed E-state index contributed by atoms with van der Waals surface area (Å²) in [5, 5.41) is 18.5. The third-order valence-corrected chi connectivity index (χ3v) is 3.12. The van der Waals surface area contributed by atoms with Crippen molar-refractivity contribution in [1.29, 1.82) is 0 Å². The molecule has 0 amide bonds. The number of hydrogen-bond acceptors (Lipinski definition) is 3. The van der Waals surface area contributed by atoms with Gasteiger partial charge < -0.3 is 15.9 Å². The van der Waals surface area contributed by atoms with Crippen molar-refractivity contribution in [2.24, 2.45) is 5.73 Å². The average Bonchev–Trinajstić information content (AvgIpc) is 2.70. The summed E-state index contributed by atoms with van der Waals surface area (Å²) in [6.45, 7) is 0.